The van der Waals surface area contributed by atoms with Gasteiger partial charge in [0.1, 0.15) is 5.75 Å². The second-order valence-electron chi connectivity index (χ2n) is 3.95. The van der Waals surface area contributed by atoms with Gasteiger partial charge in [-0.1, -0.05) is 0 Å². The fraction of sp³-hybridized carbons (Fsp3) is 0.231. The predicted octanol–water partition coefficient (Wildman–Crippen LogP) is 3.72. The molecule has 0 saturated carbocycles. The molecule has 0 bridgehead atoms. The number of aliphatic carboxylic acids is 1. The van der Waals surface area contributed by atoms with Crippen LogP contribution in [0.25, 0.3) is 10.1 Å². The maximum absolute atomic E-state index is 11.9. The second-order valence-corrected chi connectivity index (χ2v) is 5.89. The summed E-state index contributed by atoms with van der Waals surface area (Å²) < 4.78 is 6.97. The van der Waals surface area contributed by atoms with E-state index in [1.807, 2.05) is 12.1 Å². The Morgan fingerprint density at radius 3 is 2.68 bits per heavy atom. The number of thiophene rings is 1. The highest BCUT2D eigenvalue weighted by atomic mass is 79.9. The van der Waals surface area contributed by atoms with E-state index in [4.69, 9.17) is 9.84 Å². The molecule has 0 aliphatic rings. The lowest BCUT2D eigenvalue weighted by Gasteiger charge is -2.01. The minimum Gasteiger partial charge on any atom is -0.496 e. The molecule has 1 aromatic carbocycles. The monoisotopic (exact) mass is 342 g/mol. The number of Topliss-reactive ketones (excluding diaryl/α,β-unsaturated/α-hetero) is 1. The molecule has 0 spiro atoms. The number of methoxy groups -OCH3 is 1. The van der Waals surface area contributed by atoms with Crippen LogP contribution >= 0.6 is 27.3 Å². The van der Waals surface area contributed by atoms with Crippen LogP contribution in [0.15, 0.2) is 22.7 Å². The smallest absolute Gasteiger partial charge is 0.303 e. The van der Waals surface area contributed by atoms with E-state index in [0.717, 1.165) is 14.6 Å². The third-order valence-corrected chi connectivity index (χ3v) is 4.39. The molecule has 0 saturated heterocycles. The fourth-order valence-electron chi connectivity index (χ4n) is 1.68. The summed E-state index contributed by atoms with van der Waals surface area (Å²) in [5.74, 6) is -0.392. The van der Waals surface area contributed by atoms with Crippen LogP contribution in [0.2, 0.25) is 0 Å². The number of hydrogen-bond donors (Lipinski definition) is 1. The topological polar surface area (TPSA) is 63.6 Å². The molecule has 100 valence electrons. The molecule has 6 heteroatoms. The van der Waals surface area contributed by atoms with E-state index in [1.165, 1.54) is 11.3 Å². The third-order valence-electron chi connectivity index (χ3n) is 2.63. The molecule has 0 aliphatic heterocycles. The Hall–Kier alpha value is -1.40. The summed E-state index contributed by atoms with van der Waals surface area (Å²) >= 11 is 4.74. The lowest BCUT2D eigenvalue weighted by atomic mass is 10.1. The minimum absolute atomic E-state index is 0.0282. The van der Waals surface area contributed by atoms with E-state index >= 15 is 0 Å². The summed E-state index contributed by atoms with van der Waals surface area (Å²) in [5.41, 5.74) is 0. The van der Waals surface area contributed by atoms with Crippen LogP contribution in [0.4, 0.5) is 0 Å². The number of ketones is 1. The Morgan fingerprint density at radius 1 is 1.32 bits per heavy atom. The zero-order valence-electron chi connectivity index (χ0n) is 10.1. The molecule has 0 aliphatic carbocycles. The van der Waals surface area contributed by atoms with Crippen molar-refractivity contribution in [2.24, 2.45) is 0 Å². The Labute approximate surface area is 122 Å². The van der Waals surface area contributed by atoms with E-state index in [2.05, 4.69) is 15.9 Å². The molecule has 0 unspecified atom stereocenters. The Kier molecular flexibility index (Phi) is 4.21. The number of carboxylic acids is 1. The molecule has 0 amide bonds. The van der Waals surface area contributed by atoms with Gasteiger partial charge >= 0.3 is 5.97 Å². The zero-order valence-corrected chi connectivity index (χ0v) is 12.5. The summed E-state index contributed by atoms with van der Waals surface area (Å²) in [6, 6.07) is 5.53. The average Bonchev–Trinajstić information content (AvgIpc) is 2.77. The normalized spacial score (nSPS) is 10.6. The number of carbonyl (C=O) groups is 2. The minimum atomic E-state index is -0.959. The lowest BCUT2D eigenvalue weighted by Crippen LogP contribution is -2.01. The van der Waals surface area contributed by atoms with Gasteiger partial charge in [0.2, 0.25) is 0 Å². The van der Waals surface area contributed by atoms with Gasteiger partial charge in [0.05, 0.1) is 22.9 Å². The summed E-state index contributed by atoms with van der Waals surface area (Å²) in [5, 5.41) is 9.52. The van der Waals surface area contributed by atoms with Crippen molar-refractivity contribution in [3.8, 4) is 5.75 Å². The van der Waals surface area contributed by atoms with Crippen LogP contribution in [0.5, 0.6) is 5.75 Å². The molecule has 0 radical (unpaired) electrons. The van der Waals surface area contributed by atoms with Crippen molar-refractivity contribution < 1.29 is 19.4 Å². The second kappa shape index (κ2) is 5.71. The molecule has 0 atom stereocenters. The number of hydrogen-bond acceptors (Lipinski definition) is 4. The van der Waals surface area contributed by atoms with Crippen LogP contribution in [-0.2, 0) is 4.79 Å². The van der Waals surface area contributed by atoms with Crippen LogP contribution in [0, 0.1) is 0 Å². The molecule has 4 nitrogen and oxygen atoms in total. The first-order chi connectivity index (χ1) is 9.01. The van der Waals surface area contributed by atoms with Crippen LogP contribution in [0.3, 0.4) is 0 Å². The van der Waals surface area contributed by atoms with E-state index < -0.39 is 5.97 Å². The SMILES string of the molecule is COc1cc2sc(C(=O)CCC(=O)O)cc2cc1Br. The maximum atomic E-state index is 11.9. The molecule has 1 aromatic heterocycles. The first-order valence-corrected chi connectivity index (χ1v) is 7.14. The summed E-state index contributed by atoms with van der Waals surface area (Å²) in [4.78, 5) is 22.9. The van der Waals surface area contributed by atoms with Gasteiger partial charge in [-0.2, -0.15) is 0 Å². The van der Waals surface area contributed by atoms with Crippen molar-refractivity contribution >= 4 is 49.1 Å². The van der Waals surface area contributed by atoms with Gasteiger partial charge < -0.3 is 9.84 Å². The number of fused-ring (bicyclic) bond motifs is 1. The Balaban J connectivity index is 2.31. The highest BCUT2D eigenvalue weighted by Gasteiger charge is 2.13. The van der Waals surface area contributed by atoms with Gasteiger partial charge in [0, 0.05) is 11.1 Å². The predicted molar refractivity (Wildman–Crippen MR) is 77.3 cm³/mol. The number of rotatable bonds is 5. The van der Waals surface area contributed by atoms with Crippen molar-refractivity contribution in [3.63, 3.8) is 0 Å². The van der Waals surface area contributed by atoms with Gasteiger partial charge in [-0.3, -0.25) is 9.59 Å². The molecule has 2 rings (SSSR count). The molecule has 2 aromatic rings. The standard InChI is InChI=1S/C13H11BrO4S/c1-18-10-6-11-7(4-8(10)14)5-12(19-11)9(15)2-3-13(16)17/h4-6H,2-3H2,1H3,(H,16,17). The van der Waals surface area contributed by atoms with Crippen LogP contribution < -0.4 is 4.74 Å². The van der Waals surface area contributed by atoms with E-state index in [9.17, 15) is 9.59 Å². The molecule has 19 heavy (non-hydrogen) atoms. The molecular weight excluding hydrogens is 332 g/mol. The van der Waals surface area contributed by atoms with E-state index in [-0.39, 0.29) is 18.6 Å². The summed E-state index contributed by atoms with van der Waals surface area (Å²) in [6.45, 7) is 0. The number of halogens is 1. The molecule has 0 fully saturated rings. The van der Waals surface area contributed by atoms with Crippen molar-refractivity contribution in [1.82, 2.24) is 0 Å². The van der Waals surface area contributed by atoms with Crippen molar-refractivity contribution in [2.75, 3.05) is 7.11 Å². The van der Waals surface area contributed by atoms with Gasteiger partial charge in [0.25, 0.3) is 0 Å². The van der Waals surface area contributed by atoms with Gasteiger partial charge in [0.15, 0.2) is 5.78 Å². The highest BCUT2D eigenvalue weighted by Crippen LogP contribution is 2.35. The van der Waals surface area contributed by atoms with Crippen LogP contribution in [-0.4, -0.2) is 24.0 Å². The fourth-order valence-corrected chi connectivity index (χ4v) is 3.24. The Morgan fingerprint density at radius 2 is 2.05 bits per heavy atom. The Bertz CT molecular complexity index is 647. The molecular formula is C13H11BrO4S. The molecule has 1 N–H and O–H groups in total. The third kappa shape index (κ3) is 3.13. The van der Waals surface area contributed by atoms with Crippen molar-refractivity contribution in [2.45, 2.75) is 12.8 Å². The number of ether oxygens (including phenoxy) is 1. The number of carbonyl (C=O) groups excluding carboxylic acids is 1. The summed E-state index contributed by atoms with van der Waals surface area (Å²) in [6.07, 6.45) is -0.111. The largest absolute Gasteiger partial charge is 0.496 e. The average molecular weight is 343 g/mol. The van der Waals surface area contributed by atoms with Crippen molar-refractivity contribution in [1.29, 1.82) is 0 Å². The molecule has 1 heterocycles. The zero-order chi connectivity index (χ0) is 14.0. The van der Waals surface area contributed by atoms with Crippen LogP contribution in [0.1, 0.15) is 22.5 Å². The summed E-state index contributed by atoms with van der Waals surface area (Å²) in [7, 11) is 1.58. The number of carboxylic acid groups (broad SMARTS) is 1. The first kappa shape index (κ1) is 14.0. The quantitative estimate of drug-likeness (QED) is 0.841. The lowest BCUT2D eigenvalue weighted by molar-refractivity contribution is -0.136. The number of benzene rings is 1. The van der Waals surface area contributed by atoms with Gasteiger partial charge in [-0.05, 0) is 39.5 Å². The van der Waals surface area contributed by atoms with Crippen molar-refractivity contribution in [3.05, 3.63) is 27.5 Å². The van der Waals surface area contributed by atoms with E-state index in [1.54, 1.807) is 13.2 Å². The maximum Gasteiger partial charge on any atom is 0.303 e. The van der Waals surface area contributed by atoms with Gasteiger partial charge in [-0.25, -0.2) is 0 Å². The van der Waals surface area contributed by atoms with E-state index in [0.29, 0.717) is 10.6 Å². The highest BCUT2D eigenvalue weighted by molar-refractivity contribution is 9.10. The van der Waals surface area contributed by atoms with Gasteiger partial charge in [-0.15, -0.1) is 11.3 Å². The first-order valence-electron chi connectivity index (χ1n) is 5.53.